The van der Waals surface area contributed by atoms with Crippen LogP contribution in [-0.2, 0) is 4.52 Å². The van der Waals surface area contributed by atoms with Gasteiger partial charge in [-0.3, -0.25) is 0 Å². The molecule has 4 heteroatoms. The van der Waals surface area contributed by atoms with Crippen LogP contribution in [0.3, 0.4) is 0 Å². The second kappa shape index (κ2) is 18.6. The fourth-order valence-electron chi connectivity index (χ4n) is 2.96. The van der Waals surface area contributed by atoms with Crippen LogP contribution in [-0.4, -0.2) is 16.4 Å². The van der Waals surface area contributed by atoms with Crippen LogP contribution in [0.2, 0.25) is 0 Å². The second-order valence-corrected chi connectivity index (χ2v) is 7.80. The standard InChI is InChI=1S/C19H41O3P/c1-3-4-5-6-7-8-9-10-11-12-13-14-15-16-17-19(2)18-22-23(20)21/h19-21H,3-18H2,1-2H3. The van der Waals surface area contributed by atoms with Crippen LogP contribution < -0.4 is 0 Å². The van der Waals surface area contributed by atoms with Crippen molar-refractivity contribution in [1.82, 2.24) is 0 Å². The highest BCUT2D eigenvalue weighted by atomic mass is 31.2. The molecular formula is C19H41O3P. The van der Waals surface area contributed by atoms with E-state index in [9.17, 15) is 0 Å². The van der Waals surface area contributed by atoms with Crippen molar-refractivity contribution < 1.29 is 14.3 Å². The minimum absolute atomic E-state index is 0.427. The molecule has 0 heterocycles. The first kappa shape index (κ1) is 23.3. The maximum absolute atomic E-state index is 8.69. The molecule has 0 amide bonds. The van der Waals surface area contributed by atoms with Gasteiger partial charge in [-0.05, 0) is 12.3 Å². The van der Waals surface area contributed by atoms with Crippen LogP contribution in [0.25, 0.3) is 0 Å². The van der Waals surface area contributed by atoms with Gasteiger partial charge in [0, 0.05) is 0 Å². The number of hydrogen-bond acceptors (Lipinski definition) is 3. The van der Waals surface area contributed by atoms with E-state index < -0.39 is 8.60 Å². The Morgan fingerprint density at radius 2 is 1.09 bits per heavy atom. The van der Waals surface area contributed by atoms with E-state index in [0.29, 0.717) is 12.5 Å². The lowest BCUT2D eigenvalue weighted by Crippen LogP contribution is -2.03. The van der Waals surface area contributed by atoms with Crippen molar-refractivity contribution in [2.75, 3.05) is 6.61 Å². The molecule has 0 aromatic heterocycles. The van der Waals surface area contributed by atoms with Gasteiger partial charge in [0.1, 0.15) is 0 Å². The minimum Gasteiger partial charge on any atom is -0.328 e. The highest BCUT2D eigenvalue weighted by Gasteiger charge is 2.06. The summed E-state index contributed by atoms with van der Waals surface area (Å²) in [5, 5.41) is 0. The lowest BCUT2D eigenvalue weighted by Gasteiger charge is -2.11. The quantitative estimate of drug-likeness (QED) is 0.213. The van der Waals surface area contributed by atoms with Gasteiger partial charge in [0.15, 0.2) is 0 Å². The van der Waals surface area contributed by atoms with Crippen LogP contribution in [0.15, 0.2) is 0 Å². The molecule has 0 aliphatic carbocycles. The largest absolute Gasteiger partial charge is 0.328 e. The van der Waals surface area contributed by atoms with Crippen molar-refractivity contribution in [3.8, 4) is 0 Å². The van der Waals surface area contributed by atoms with E-state index in [-0.39, 0.29) is 0 Å². The molecule has 0 saturated carbocycles. The lowest BCUT2D eigenvalue weighted by atomic mass is 10.0. The average Bonchev–Trinajstić information content (AvgIpc) is 2.53. The molecule has 0 aliphatic heterocycles. The summed E-state index contributed by atoms with van der Waals surface area (Å²) in [6.45, 7) is 4.86. The summed E-state index contributed by atoms with van der Waals surface area (Å²) in [6, 6.07) is 0. The molecule has 0 fully saturated rings. The Morgan fingerprint density at radius 1 is 0.696 bits per heavy atom. The maximum atomic E-state index is 8.69. The second-order valence-electron chi connectivity index (χ2n) is 7.04. The van der Waals surface area contributed by atoms with Crippen LogP contribution in [0.4, 0.5) is 0 Å². The molecule has 1 unspecified atom stereocenters. The first-order chi connectivity index (χ1) is 11.2. The lowest BCUT2D eigenvalue weighted by molar-refractivity contribution is 0.211. The van der Waals surface area contributed by atoms with E-state index in [1.54, 1.807) is 0 Å². The summed E-state index contributed by atoms with van der Waals surface area (Å²) in [7, 11) is -2.17. The van der Waals surface area contributed by atoms with Crippen molar-refractivity contribution in [2.45, 2.75) is 110 Å². The normalized spacial score (nSPS) is 12.9. The number of unbranched alkanes of at least 4 members (excludes halogenated alkanes) is 13. The monoisotopic (exact) mass is 348 g/mol. The van der Waals surface area contributed by atoms with Gasteiger partial charge >= 0.3 is 8.60 Å². The van der Waals surface area contributed by atoms with E-state index in [2.05, 4.69) is 13.8 Å². The Hall–Kier alpha value is 0.310. The van der Waals surface area contributed by atoms with Crippen LogP contribution in [0, 0.1) is 5.92 Å². The van der Waals surface area contributed by atoms with E-state index in [1.807, 2.05) is 0 Å². The van der Waals surface area contributed by atoms with Gasteiger partial charge in [-0.1, -0.05) is 104 Å². The van der Waals surface area contributed by atoms with Crippen molar-refractivity contribution in [1.29, 1.82) is 0 Å². The molecule has 140 valence electrons. The third kappa shape index (κ3) is 20.3. The zero-order chi connectivity index (χ0) is 17.2. The summed E-state index contributed by atoms with van der Waals surface area (Å²) in [4.78, 5) is 17.4. The van der Waals surface area contributed by atoms with Gasteiger partial charge in [-0.25, -0.2) is 0 Å². The summed E-state index contributed by atoms with van der Waals surface area (Å²) in [5.74, 6) is 0.427. The third-order valence-corrected chi connectivity index (χ3v) is 4.91. The fourth-order valence-corrected chi connectivity index (χ4v) is 3.35. The Balaban J connectivity index is 3.07. The molecule has 0 aromatic rings. The highest BCUT2D eigenvalue weighted by Crippen LogP contribution is 2.26. The van der Waals surface area contributed by atoms with Gasteiger partial charge in [-0.15, -0.1) is 0 Å². The first-order valence-corrected chi connectivity index (χ1v) is 11.1. The summed E-state index contributed by atoms with van der Waals surface area (Å²) in [5.41, 5.74) is 0. The predicted molar refractivity (Wildman–Crippen MR) is 101 cm³/mol. The van der Waals surface area contributed by atoms with Gasteiger partial charge in [0.05, 0.1) is 6.61 Å². The highest BCUT2D eigenvalue weighted by molar-refractivity contribution is 7.39. The molecule has 0 saturated heterocycles. The zero-order valence-corrected chi connectivity index (χ0v) is 16.5. The number of rotatable bonds is 18. The number of hydrogen-bond donors (Lipinski definition) is 2. The Labute approximate surface area is 146 Å². The molecule has 0 aromatic carbocycles. The molecule has 2 N–H and O–H groups in total. The SMILES string of the molecule is CCCCCCCCCCCCCCCCC(C)COP(O)O. The minimum atomic E-state index is -2.17. The van der Waals surface area contributed by atoms with Crippen LogP contribution >= 0.6 is 8.60 Å². The summed E-state index contributed by atoms with van der Waals surface area (Å²) < 4.78 is 4.85. The van der Waals surface area contributed by atoms with E-state index in [0.717, 1.165) is 6.42 Å². The smallest absolute Gasteiger partial charge is 0.327 e. The maximum Gasteiger partial charge on any atom is 0.327 e. The van der Waals surface area contributed by atoms with E-state index in [1.165, 1.54) is 89.9 Å². The van der Waals surface area contributed by atoms with E-state index in [4.69, 9.17) is 14.3 Å². The summed E-state index contributed by atoms with van der Waals surface area (Å²) >= 11 is 0. The Morgan fingerprint density at radius 3 is 1.48 bits per heavy atom. The Bertz CT molecular complexity index is 225. The van der Waals surface area contributed by atoms with Crippen LogP contribution in [0.1, 0.15) is 110 Å². The zero-order valence-electron chi connectivity index (χ0n) is 15.6. The topological polar surface area (TPSA) is 49.7 Å². The molecule has 0 aliphatic rings. The first-order valence-electron chi connectivity index (χ1n) is 9.97. The van der Waals surface area contributed by atoms with Crippen molar-refractivity contribution in [3.05, 3.63) is 0 Å². The van der Waals surface area contributed by atoms with Crippen molar-refractivity contribution in [3.63, 3.8) is 0 Å². The molecule has 23 heavy (non-hydrogen) atoms. The van der Waals surface area contributed by atoms with Gasteiger partial charge in [0.25, 0.3) is 0 Å². The summed E-state index contributed by atoms with van der Waals surface area (Å²) in [6.07, 6.45) is 20.6. The third-order valence-electron chi connectivity index (χ3n) is 4.53. The van der Waals surface area contributed by atoms with Crippen molar-refractivity contribution >= 4 is 8.60 Å². The average molecular weight is 349 g/mol. The van der Waals surface area contributed by atoms with Gasteiger partial charge in [0.2, 0.25) is 0 Å². The molecule has 1 atom stereocenters. The fraction of sp³-hybridized carbons (Fsp3) is 1.00. The molecular weight excluding hydrogens is 307 g/mol. The molecule has 0 radical (unpaired) electrons. The molecule has 3 nitrogen and oxygen atoms in total. The predicted octanol–water partition coefficient (Wildman–Crippen LogP) is 6.72. The van der Waals surface area contributed by atoms with Gasteiger partial charge < -0.3 is 14.3 Å². The van der Waals surface area contributed by atoms with Gasteiger partial charge in [-0.2, -0.15) is 0 Å². The van der Waals surface area contributed by atoms with Crippen LogP contribution in [0.5, 0.6) is 0 Å². The Kier molecular flexibility index (Phi) is 18.9. The van der Waals surface area contributed by atoms with E-state index >= 15 is 0 Å². The molecule has 0 spiro atoms. The molecule has 0 bridgehead atoms. The van der Waals surface area contributed by atoms with Crippen molar-refractivity contribution in [2.24, 2.45) is 5.92 Å². The molecule has 0 rings (SSSR count).